The first-order valence-electron chi connectivity index (χ1n) is 3.00. The maximum absolute atomic E-state index is 11.6. The van der Waals surface area contributed by atoms with E-state index in [-0.39, 0.29) is 5.69 Å². The standard InChI is InChI=1S/C7H5F3NO/c8-7(9,10)12-6-3-1-2-5(11)4-6/h1-2,4H,11H2. The van der Waals surface area contributed by atoms with Crippen molar-refractivity contribution in [2.75, 3.05) is 5.73 Å². The summed E-state index contributed by atoms with van der Waals surface area (Å²) in [5.74, 6) is -0.428. The summed E-state index contributed by atoms with van der Waals surface area (Å²) in [5.41, 5.74) is 5.41. The Hall–Kier alpha value is -1.39. The Kier molecular flexibility index (Phi) is 2.12. The van der Waals surface area contributed by atoms with E-state index in [0.717, 1.165) is 6.07 Å². The topological polar surface area (TPSA) is 35.2 Å². The van der Waals surface area contributed by atoms with Crippen LogP contribution >= 0.6 is 0 Å². The second-order valence-electron chi connectivity index (χ2n) is 2.03. The Morgan fingerprint density at radius 2 is 2.08 bits per heavy atom. The quantitative estimate of drug-likeness (QED) is 0.664. The Morgan fingerprint density at radius 1 is 1.42 bits per heavy atom. The van der Waals surface area contributed by atoms with Crippen molar-refractivity contribution in [3.63, 3.8) is 0 Å². The third kappa shape index (κ3) is 2.69. The first-order valence-corrected chi connectivity index (χ1v) is 3.00. The first kappa shape index (κ1) is 8.70. The molecule has 0 unspecified atom stereocenters. The van der Waals surface area contributed by atoms with Crippen molar-refractivity contribution >= 4 is 5.69 Å². The lowest BCUT2D eigenvalue weighted by atomic mass is 10.3. The molecular weight excluding hydrogens is 171 g/mol. The average molecular weight is 176 g/mol. The summed E-state index contributed by atoms with van der Waals surface area (Å²) in [7, 11) is 0. The number of anilines is 1. The smallest absolute Gasteiger partial charge is 0.405 e. The number of ether oxygens (including phenoxy) is 1. The minimum Gasteiger partial charge on any atom is -0.405 e. The zero-order valence-corrected chi connectivity index (χ0v) is 5.85. The van der Waals surface area contributed by atoms with E-state index in [4.69, 9.17) is 5.73 Å². The zero-order valence-electron chi connectivity index (χ0n) is 5.85. The van der Waals surface area contributed by atoms with Gasteiger partial charge >= 0.3 is 6.36 Å². The molecule has 12 heavy (non-hydrogen) atoms. The van der Waals surface area contributed by atoms with Gasteiger partial charge in [-0.1, -0.05) is 0 Å². The van der Waals surface area contributed by atoms with Crippen molar-refractivity contribution in [3.8, 4) is 5.75 Å². The fourth-order valence-electron chi connectivity index (χ4n) is 0.645. The van der Waals surface area contributed by atoms with Gasteiger partial charge in [0.2, 0.25) is 0 Å². The van der Waals surface area contributed by atoms with E-state index < -0.39 is 12.1 Å². The van der Waals surface area contributed by atoms with E-state index in [0.29, 0.717) is 0 Å². The van der Waals surface area contributed by atoms with Crippen LogP contribution in [0.4, 0.5) is 18.9 Å². The highest BCUT2D eigenvalue weighted by Crippen LogP contribution is 2.23. The van der Waals surface area contributed by atoms with E-state index in [1.807, 2.05) is 0 Å². The number of benzene rings is 1. The molecule has 0 aliphatic carbocycles. The lowest BCUT2D eigenvalue weighted by molar-refractivity contribution is -0.274. The molecule has 2 N–H and O–H groups in total. The van der Waals surface area contributed by atoms with E-state index in [1.54, 1.807) is 0 Å². The normalized spacial score (nSPS) is 11.2. The highest BCUT2D eigenvalue weighted by Gasteiger charge is 2.31. The van der Waals surface area contributed by atoms with E-state index in [9.17, 15) is 13.2 Å². The van der Waals surface area contributed by atoms with Gasteiger partial charge in [0.05, 0.1) is 0 Å². The summed E-state index contributed by atoms with van der Waals surface area (Å²) in [5, 5.41) is 0. The van der Waals surface area contributed by atoms with Crippen molar-refractivity contribution in [3.05, 3.63) is 24.3 Å². The van der Waals surface area contributed by atoms with Gasteiger partial charge in [-0.25, -0.2) is 0 Å². The molecule has 2 nitrogen and oxygen atoms in total. The molecule has 0 aliphatic heterocycles. The van der Waals surface area contributed by atoms with Crippen LogP contribution in [0.15, 0.2) is 18.2 Å². The minimum atomic E-state index is -4.69. The molecule has 0 bridgehead atoms. The van der Waals surface area contributed by atoms with E-state index in [1.165, 1.54) is 12.1 Å². The number of nitrogens with two attached hydrogens (primary N) is 1. The van der Waals surface area contributed by atoms with Crippen molar-refractivity contribution in [1.29, 1.82) is 0 Å². The van der Waals surface area contributed by atoms with Gasteiger partial charge in [-0.3, -0.25) is 0 Å². The van der Waals surface area contributed by atoms with Crippen LogP contribution in [0.25, 0.3) is 0 Å². The van der Waals surface area contributed by atoms with Crippen molar-refractivity contribution in [2.45, 2.75) is 6.36 Å². The van der Waals surface area contributed by atoms with Gasteiger partial charge in [0.15, 0.2) is 0 Å². The highest BCUT2D eigenvalue weighted by molar-refractivity contribution is 5.42. The minimum absolute atomic E-state index is 0.202. The lowest BCUT2D eigenvalue weighted by Crippen LogP contribution is -2.17. The van der Waals surface area contributed by atoms with Gasteiger partial charge in [0, 0.05) is 17.8 Å². The highest BCUT2D eigenvalue weighted by atomic mass is 19.4. The molecule has 65 valence electrons. The van der Waals surface area contributed by atoms with Crippen LogP contribution in [0.5, 0.6) is 5.75 Å². The van der Waals surface area contributed by atoms with Gasteiger partial charge < -0.3 is 10.5 Å². The maximum atomic E-state index is 11.6. The van der Waals surface area contributed by atoms with Crippen LogP contribution < -0.4 is 10.5 Å². The Balaban J connectivity index is 2.77. The maximum Gasteiger partial charge on any atom is 0.573 e. The number of hydrogen-bond acceptors (Lipinski definition) is 2. The number of alkyl halides is 3. The molecular formula is C7H5F3NO. The second kappa shape index (κ2) is 2.92. The van der Waals surface area contributed by atoms with E-state index in [2.05, 4.69) is 10.8 Å². The summed E-state index contributed by atoms with van der Waals surface area (Å²) in [6, 6.07) is 5.97. The fourth-order valence-corrected chi connectivity index (χ4v) is 0.645. The molecule has 0 spiro atoms. The SMILES string of the molecule is Nc1cc[c]c(OC(F)(F)F)c1. The molecule has 0 saturated heterocycles. The molecule has 0 heterocycles. The molecule has 1 aromatic carbocycles. The predicted octanol–water partition coefficient (Wildman–Crippen LogP) is 1.97. The van der Waals surface area contributed by atoms with Crippen LogP contribution in [0.2, 0.25) is 0 Å². The van der Waals surface area contributed by atoms with Crippen LogP contribution in [0, 0.1) is 6.07 Å². The molecule has 0 amide bonds. The van der Waals surface area contributed by atoms with Crippen LogP contribution in [-0.4, -0.2) is 6.36 Å². The summed E-state index contributed by atoms with van der Waals surface area (Å²) in [4.78, 5) is 0. The van der Waals surface area contributed by atoms with Gasteiger partial charge in [-0.05, 0) is 12.1 Å². The molecule has 0 fully saturated rings. The molecule has 1 rings (SSSR count). The fraction of sp³-hybridized carbons (Fsp3) is 0.143. The molecule has 5 heteroatoms. The predicted molar refractivity (Wildman–Crippen MR) is 36.4 cm³/mol. The zero-order chi connectivity index (χ0) is 9.19. The molecule has 0 atom stereocenters. The van der Waals surface area contributed by atoms with Crippen molar-refractivity contribution < 1.29 is 17.9 Å². The second-order valence-corrected chi connectivity index (χ2v) is 2.03. The molecule has 1 radical (unpaired) electrons. The monoisotopic (exact) mass is 176 g/mol. The largest absolute Gasteiger partial charge is 0.573 e. The number of hydrogen-bond donors (Lipinski definition) is 1. The Labute approximate surface area is 66.7 Å². The molecule has 0 aromatic heterocycles. The van der Waals surface area contributed by atoms with Gasteiger partial charge in [0.1, 0.15) is 5.75 Å². The molecule has 0 saturated carbocycles. The van der Waals surface area contributed by atoms with E-state index >= 15 is 0 Å². The summed E-state index contributed by atoms with van der Waals surface area (Å²) < 4.78 is 38.3. The van der Waals surface area contributed by atoms with Gasteiger partial charge in [0.25, 0.3) is 0 Å². The van der Waals surface area contributed by atoms with Crippen LogP contribution in [0.1, 0.15) is 0 Å². The Bertz CT molecular complexity index is 272. The summed E-state index contributed by atoms with van der Waals surface area (Å²) in [6.45, 7) is 0. The van der Waals surface area contributed by atoms with Crippen molar-refractivity contribution in [1.82, 2.24) is 0 Å². The number of nitrogen functional groups attached to an aromatic ring is 1. The number of halogens is 3. The summed E-state index contributed by atoms with van der Waals surface area (Å²) in [6.07, 6.45) is -4.69. The van der Waals surface area contributed by atoms with Gasteiger partial charge in [-0.15, -0.1) is 13.2 Å². The van der Waals surface area contributed by atoms with Gasteiger partial charge in [-0.2, -0.15) is 0 Å². The van der Waals surface area contributed by atoms with Crippen LogP contribution in [-0.2, 0) is 0 Å². The van der Waals surface area contributed by atoms with Crippen molar-refractivity contribution in [2.24, 2.45) is 0 Å². The average Bonchev–Trinajstić information content (AvgIpc) is 1.82. The summed E-state index contributed by atoms with van der Waals surface area (Å²) >= 11 is 0. The Morgan fingerprint density at radius 3 is 2.58 bits per heavy atom. The number of rotatable bonds is 1. The van der Waals surface area contributed by atoms with Crippen LogP contribution in [0.3, 0.4) is 0 Å². The molecule has 1 aromatic rings. The third-order valence-electron chi connectivity index (χ3n) is 1.02. The third-order valence-corrected chi connectivity index (χ3v) is 1.02. The first-order chi connectivity index (χ1) is 5.47. The lowest BCUT2D eigenvalue weighted by Gasteiger charge is -2.07. The molecule has 0 aliphatic rings.